The third-order valence-electron chi connectivity index (χ3n) is 8.63. The first-order valence-electron chi connectivity index (χ1n) is 9.49. The average Bonchev–Trinajstić information content (AvgIpc) is 2.73. The highest BCUT2D eigenvalue weighted by Crippen LogP contribution is 2.66. The zero-order chi connectivity index (χ0) is 16.6. The molecule has 4 nitrogen and oxygen atoms in total. The number of aliphatic hydroxyl groups excluding tert-OH is 4. The highest BCUT2D eigenvalue weighted by molar-refractivity contribution is 5.13. The van der Waals surface area contributed by atoms with Gasteiger partial charge >= 0.3 is 0 Å². The van der Waals surface area contributed by atoms with E-state index in [1.807, 2.05) is 0 Å². The van der Waals surface area contributed by atoms with Crippen LogP contribution in [0.1, 0.15) is 58.8 Å². The van der Waals surface area contributed by atoms with Gasteiger partial charge in [-0.15, -0.1) is 0 Å². The molecule has 0 radical (unpaired) electrons. The molecule has 0 aliphatic heterocycles. The van der Waals surface area contributed by atoms with Crippen molar-refractivity contribution < 1.29 is 20.4 Å². The number of aliphatic hydroxyl groups is 4. The van der Waals surface area contributed by atoms with Gasteiger partial charge in [0.1, 0.15) is 0 Å². The molecule has 4 fully saturated rings. The smallest absolute Gasteiger partial charge is 0.0855 e. The maximum absolute atomic E-state index is 10.9. The maximum atomic E-state index is 10.9. The molecular formula is C19H32O4. The summed E-state index contributed by atoms with van der Waals surface area (Å²) in [6, 6.07) is 0. The molecule has 0 aromatic carbocycles. The molecule has 0 heterocycles. The molecule has 132 valence electrons. The van der Waals surface area contributed by atoms with Gasteiger partial charge in [0, 0.05) is 0 Å². The van der Waals surface area contributed by atoms with E-state index in [1.165, 1.54) is 0 Å². The number of hydrogen-bond acceptors (Lipinski definition) is 4. The minimum Gasteiger partial charge on any atom is -0.393 e. The molecule has 3 unspecified atom stereocenters. The molecule has 4 saturated carbocycles. The first-order chi connectivity index (χ1) is 10.8. The van der Waals surface area contributed by atoms with Crippen molar-refractivity contribution >= 4 is 0 Å². The van der Waals surface area contributed by atoms with Crippen LogP contribution in [-0.4, -0.2) is 44.8 Å². The van der Waals surface area contributed by atoms with E-state index in [0.717, 1.165) is 38.5 Å². The van der Waals surface area contributed by atoms with E-state index in [4.69, 9.17) is 0 Å². The van der Waals surface area contributed by atoms with E-state index in [1.54, 1.807) is 0 Å². The summed E-state index contributed by atoms with van der Waals surface area (Å²) >= 11 is 0. The second kappa shape index (κ2) is 5.17. The summed E-state index contributed by atoms with van der Waals surface area (Å²) in [6.07, 6.45) is 4.24. The monoisotopic (exact) mass is 324 g/mol. The molecule has 0 aromatic rings. The Bertz CT molecular complexity index is 482. The normalized spacial score (nSPS) is 62.3. The van der Waals surface area contributed by atoms with E-state index in [-0.39, 0.29) is 34.9 Å². The van der Waals surface area contributed by atoms with Crippen molar-refractivity contribution in [1.82, 2.24) is 0 Å². The lowest BCUT2D eigenvalue weighted by molar-refractivity contribution is -0.177. The lowest BCUT2D eigenvalue weighted by Crippen LogP contribution is -2.58. The summed E-state index contributed by atoms with van der Waals surface area (Å²) in [4.78, 5) is 0. The van der Waals surface area contributed by atoms with Gasteiger partial charge in [-0.2, -0.15) is 0 Å². The van der Waals surface area contributed by atoms with Crippen LogP contribution in [0.25, 0.3) is 0 Å². The van der Waals surface area contributed by atoms with Gasteiger partial charge < -0.3 is 20.4 Å². The average molecular weight is 324 g/mol. The molecule has 0 saturated heterocycles. The van der Waals surface area contributed by atoms with Gasteiger partial charge in [0.25, 0.3) is 0 Å². The number of rotatable bonds is 0. The van der Waals surface area contributed by atoms with Crippen LogP contribution in [0.4, 0.5) is 0 Å². The standard InChI is InChI=1S/C19H32O4/c1-18-5-3-11(20)7-10(18)8-14(21)16-12(18)4-6-19(2)13(16)9-15(22)17(19)23/h10-17,20-23H,3-9H2,1-2H3/t10-,11-,12?,13?,14+,15+,16?,17-,18-,19-/m0/s1. The molecule has 10 atom stereocenters. The summed E-state index contributed by atoms with van der Waals surface area (Å²) in [5.74, 6) is 1.27. The van der Waals surface area contributed by atoms with Crippen LogP contribution in [0.2, 0.25) is 0 Å². The molecule has 4 N–H and O–H groups in total. The van der Waals surface area contributed by atoms with Crippen molar-refractivity contribution in [3.63, 3.8) is 0 Å². The van der Waals surface area contributed by atoms with Gasteiger partial charge in [-0.1, -0.05) is 13.8 Å². The first-order valence-corrected chi connectivity index (χ1v) is 9.49. The van der Waals surface area contributed by atoms with E-state index in [0.29, 0.717) is 18.3 Å². The second-order valence-electron chi connectivity index (χ2n) is 9.52. The summed E-state index contributed by atoms with van der Waals surface area (Å²) < 4.78 is 0. The van der Waals surface area contributed by atoms with Gasteiger partial charge in [0.15, 0.2) is 0 Å². The van der Waals surface area contributed by atoms with E-state index in [9.17, 15) is 20.4 Å². The summed E-state index contributed by atoms with van der Waals surface area (Å²) in [6.45, 7) is 4.48. The summed E-state index contributed by atoms with van der Waals surface area (Å²) in [5, 5.41) is 41.7. The Balaban J connectivity index is 1.68. The quantitative estimate of drug-likeness (QED) is 0.547. The van der Waals surface area contributed by atoms with Crippen molar-refractivity contribution in [1.29, 1.82) is 0 Å². The minimum atomic E-state index is -0.653. The number of fused-ring (bicyclic) bond motifs is 5. The lowest BCUT2D eigenvalue weighted by Gasteiger charge is -2.61. The molecule has 4 aliphatic rings. The molecule has 4 rings (SSSR count). The second-order valence-corrected chi connectivity index (χ2v) is 9.52. The fraction of sp³-hybridized carbons (Fsp3) is 1.00. The molecule has 0 amide bonds. The largest absolute Gasteiger partial charge is 0.393 e. The molecular weight excluding hydrogens is 292 g/mol. The Morgan fingerprint density at radius 2 is 1.43 bits per heavy atom. The van der Waals surface area contributed by atoms with Crippen molar-refractivity contribution in [3.8, 4) is 0 Å². The molecule has 0 spiro atoms. The van der Waals surface area contributed by atoms with Gasteiger partial charge in [0.05, 0.1) is 24.4 Å². The van der Waals surface area contributed by atoms with Crippen molar-refractivity contribution in [2.45, 2.75) is 83.2 Å². The molecule has 0 aromatic heterocycles. The minimum absolute atomic E-state index is 0.192. The lowest BCUT2D eigenvalue weighted by atomic mass is 9.44. The van der Waals surface area contributed by atoms with Crippen LogP contribution in [0.15, 0.2) is 0 Å². The molecule has 4 aliphatic carbocycles. The molecule has 0 bridgehead atoms. The van der Waals surface area contributed by atoms with Crippen LogP contribution in [0.5, 0.6) is 0 Å². The van der Waals surface area contributed by atoms with Crippen LogP contribution in [0, 0.1) is 34.5 Å². The van der Waals surface area contributed by atoms with E-state index in [2.05, 4.69) is 13.8 Å². The Labute approximate surface area is 138 Å². The third-order valence-corrected chi connectivity index (χ3v) is 8.63. The van der Waals surface area contributed by atoms with Crippen LogP contribution >= 0.6 is 0 Å². The summed E-state index contributed by atoms with van der Waals surface area (Å²) in [7, 11) is 0. The Hall–Kier alpha value is -0.160. The first kappa shape index (κ1) is 16.3. The highest BCUT2D eigenvalue weighted by atomic mass is 16.3. The van der Waals surface area contributed by atoms with Crippen molar-refractivity contribution in [2.75, 3.05) is 0 Å². The van der Waals surface area contributed by atoms with Gasteiger partial charge in [-0.25, -0.2) is 0 Å². The van der Waals surface area contributed by atoms with Gasteiger partial charge in [0.2, 0.25) is 0 Å². The third kappa shape index (κ3) is 2.11. The topological polar surface area (TPSA) is 80.9 Å². The molecule has 23 heavy (non-hydrogen) atoms. The Morgan fingerprint density at radius 1 is 0.739 bits per heavy atom. The van der Waals surface area contributed by atoms with E-state index < -0.39 is 12.2 Å². The zero-order valence-corrected chi connectivity index (χ0v) is 14.4. The van der Waals surface area contributed by atoms with Crippen LogP contribution in [-0.2, 0) is 0 Å². The predicted octanol–water partition coefficient (Wildman–Crippen LogP) is 1.69. The van der Waals surface area contributed by atoms with Crippen molar-refractivity contribution in [2.24, 2.45) is 34.5 Å². The fourth-order valence-electron chi connectivity index (χ4n) is 7.19. The summed E-state index contributed by atoms with van der Waals surface area (Å²) in [5.41, 5.74) is -0.0537. The van der Waals surface area contributed by atoms with E-state index >= 15 is 0 Å². The zero-order valence-electron chi connectivity index (χ0n) is 14.4. The Morgan fingerprint density at radius 3 is 2.17 bits per heavy atom. The fourth-order valence-corrected chi connectivity index (χ4v) is 7.19. The highest BCUT2D eigenvalue weighted by Gasteiger charge is 2.64. The van der Waals surface area contributed by atoms with Crippen molar-refractivity contribution in [3.05, 3.63) is 0 Å². The SMILES string of the molecule is C[C@]12CCC3C(C1C[C@@H](O)[C@@H]2O)[C@H](O)C[C@@H]1C[C@@H](O)CC[C@]31C. The predicted molar refractivity (Wildman–Crippen MR) is 86.5 cm³/mol. The molecule has 4 heteroatoms. The number of hydrogen-bond donors (Lipinski definition) is 4. The van der Waals surface area contributed by atoms with Crippen LogP contribution in [0.3, 0.4) is 0 Å². The van der Waals surface area contributed by atoms with Gasteiger partial charge in [-0.05, 0) is 79.4 Å². The van der Waals surface area contributed by atoms with Gasteiger partial charge in [-0.3, -0.25) is 0 Å². The van der Waals surface area contributed by atoms with Crippen LogP contribution < -0.4 is 0 Å². The Kier molecular flexibility index (Phi) is 3.67. The maximum Gasteiger partial charge on any atom is 0.0855 e.